The molecule has 5 nitrogen and oxygen atoms in total. The minimum absolute atomic E-state index is 0.114. The van der Waals surface area contributed by atoms with E-state index in [0.29, 0.717) is 22.6 Å². The van der Waals surface area contributed by atoms with Crippen LogP contribution < -0.4 is 0 Å². The van der Waals surface area contributed by atoms with Crippen LogP contribution in [0, 0.1) is 6.92 Å². The number of carbonyl (C=O) groups excluding carboxylic acids is 1. The maximum atomic E-state index is 13.2. The number of ether oxygens (including phenoxy) is 1. The van der Waals surface area contributed by atoms with Gasteiger partial charge >= 0.3 is 5.97 Å². The number of benzene rings is 1. The predicted octanol–water partition coefficient (Wildman–Crippen LogP) is 3.17. The minimum Gasteiger partial charge on any atom is -0.468 e. The number of esters is 1. The molecule has 0 radical (unpaired) electrons. The van der Waals surface area contributed by atoms with Crippen LogP contribution in [0.5, 0.6) is 0 Å². The maximum absolute atomic E-state index is 13.2. The van der Waals surface area contributed by atoms with Crippen molar-refractivity contribution in [1.29, 1.82) is 0 Å². The molecule has 24 heavy (non-hydrogen) atoms. The van der Waals surface area contributed by atoms with E-state index >= 15 is 0 Å². The number of methoxy groups -OCH3 is 1. The molecule has 0 aliphatic carbocycles. The summed E-state index contributed by atoms with van der Waals surface area (Å²) in [5.74, 6) is -0.586. The Balaban J connectivity index is 2.13. The highest BCUT2D eigenvalue weighted by molar-refractivity contribution is 7.89. The van der Waals surface area contributed by atoms with E-state index < -0.39 is 22.0 Å². The fraction of sp³-hybridized carbons (Fsp3) is 0.312. The van der Waals surface area contributed by atoms with Gasteiger partial charge in [0.05, 0.1) is 12.0 Å². The summed E-state index contributed by atoms with van der Waals surface area (Å²) in [6, 6.07) is 5.54. The second-order valence-electron chi connectivity index (χ2n) is 5.50. The summed E-state index contributed by atoms with van der Waals surface area (Å²) < 4.78 is 32.5. The lowest BCUT2D eigenvalue weighted by Gasteiger charge is -2.33. The Hall–Kier alpha value is -1.41. The summed E-state index contributed by atoms with van der Waals surface area (Å²) in [7, 11) is -2.63. The third-order valence-electron chi connectivity index (χ3n) is 4.08. The Morgan fingerprint density at radius 2 is 2.12 bits per heavy atom. The molecule has 128 valence electrons. The fourth-order valence-electron chi connectivity index (χ4n) is 2.89. The minimum atomic E-state index is -3.89. The molecular formula is C16H16ClNO4S2. The molecule has 0 spiro atoms. The van der Waals surface area contributed by atoms with Crippen LogP contribution in [-0.4, -0.2) is 32.3 Å². The van der Waals surface area contributed by atoms with Crippen LogP contribution in [0.4, 0.5) is 0 Å². The molecule has 0 saturated heterocycles. The van der Waals surface area contributed by atoms with Crippen molar-refractivity contribution in [2.45, 2.75) is 24.3 Å². The second kappa shape index (κ2) is 6.48. The number of nitrogens with zero attached hydrogens (tertiary/aromatic N) is 1. The van der Waals surface area contributed by atoms with Crippen molar-refractivity contribution in [3.8, 4) is 0 Å². The molecule has 1 aliphatic rings. The van der Waals surface area contributed by atoms with Crippen LogP contribution in [0.15, 0.2) is 34.5 Å². The largest absolute Gasteiger partial charge is 0.468 e. The van der Waals surface area contributed by atoms with Gasteiger partial charge in [0.1, 0.15) is 6.04 Å². The van der Waals surface area contributed by atoms with E-state index in [9.17, 15) is 13.2 Å². The lowest BCUT2D eigenvalue weighted by molar-refractivity contribution is -0.145. The summed E-state index contributed by atoms with van der Waals surface area (Å²) in [6.07, 6.45) is 0.569. The van der Waals surface area contributed by atoms with Gasteiger partial charge < -0.3 is 4.74 Å². The first-order chi connectivity index (χ1) is 11.4. The quantitative estimate of drug-likeness (QED) is 0.761. The van der Waals surface area contributed by atoms with Crippen molar-refractivity contribution in [3.63, 3.8) is 0 Å². The number of fused-ring (bicyclic) bond motifs is 1. The first kappa shape index (κ1) is 17.4. The molecule has 0 bridgehead atoms. The average molecular weight is 386 g/mol. The zero-order chi connectivity index (χ0) is 17.5. The molecule has 1 unspecified atom stereocenters. The topological polar surface area (TPSA) is 63.7 Å². The third-order valence-corrected chi connectivity index (χ3v) is 7.32. The first-order valence-electron chi connectivity index (χ1n) is 7.28. The van der Waals surface area contributed by atoms with Gasteiger partial charge in [-0.05, 0) is 48.1 Å². The van der Waals surface area contributed by atoms with E-state index in [1.54, 1.807) is 25.1 Å². The highest BCUT2D eigenvalue weighted by Crippen LogP contribution is 2.38. The number of hydrogen-bond acceptors (Lipinski definition) is 5. The summed E-state index contributed by atoms with van der Waals surface area (Å²) in [6.45, 7) is 1.93. The highest BCUT2D eigenvalue weighted by atomic mass is 35.5. The summed E-state index contributed by atoms with van der Waals surface area (Å²) in [5, 5.41) is 2.20. The van der Waals surface area contributed by atoms with Crippen LogP contribution in [-0.2, 0) is 26.0 Å². The molecule has 8 heteroatoms. The molecule has 1 aliphatic heterocycles. The number of hydrogen-bond donors (Lipinski definition) is 0. The van der Waals surface area contributed by atoms with Gasteiger partial charge in [-0.3, -0.25) is 0 Å². The normalized spacial score (nSPS) is 18.2. The molecule has 1 aromatic heterocycles. The number of aryl methyl sites for hydroxylation is 1. The Morgan fingerprint density at radius 1 is 1.38 bits per heavy atom. The van der Waals surface area contributed by atoms with Gasteiger partial charge in [-0.25, -0.2) is 13.2 Å². The van der Waals surface area contributed by atoms with Crippen LogP contribution in [0.2, 0.25) is 5.02 Å². The molecule has 0 N–H and O–H groups in total. The molecule has 1 aromatic carbocycles. The van der Waals surface area contributed by atoms with E-state index in [0.717, 1.165) is 4.88 Å². The van der Waals surface area contributed by atoms with Gasteiger partial charge in [0.15, 0.2) is 0 Å². The molecule has 2 aromatic rings. The molecular weight excluding hydrogens is 370 g/mol. The lowest BCUT2D eigenvalue weighted by Crippen LogP contribution is -2.43. The zero-order valence-electron chi connectivity index (χ0n) is 13.2. The third kappa shape index (κ3) is 2.86. The van der Waals surface area contributed by atoms with Gasteiger partial charge in [0.25, 0.3) is 0 Å². The average Bonchev–Trinajstić information content (AvgIpc) is 3.03. The van der Waals surface area contributed by atoms with Gasteiger partial charge in [0, 0.05) is 16.4 Å². The van der Waals surface area contributed by atoms with Crippen molar-refractivity contribution in [1.82, 2.24) is 4.31 Å². The van der Waals surface area contributed by atoms with Crippen LogP contribution in [0.3, 0.4) is 0 Å². The van der Waals surface area contributed by atoms with E-state index in [1.165, 1.54) is 28.8 Å². The van der Waals surface area contributed by atoms with Crippen molar-refractivity contribution < 1.29 is 17.9 Å². The Morgan fingerprint density at radius 3 is 2.83 bits per heavy atom. The van der Waals surface area contributed by atoms with Gasteiger partial charge in [-0.1, -0.05) is 17.7 Å². The molecule has 1 atom stereocenters. The Labute approximate surface area is 149 Å². The molecule has 3 rings (SSSR count). The summed E-state index contributed by atoms with van der Waals surface area (Å²) in [5.41, 5.74) is 1.28. The number of halogens is 1. The fourth-order valence-corrected chi connectivity index (χ4v) is 5.84. The SMILES string of the molecule is COC(=O)C1c2ccsc2CCN1S(=O)(=O)c1cc(Cl)ccc1C. The van der Waals surface area contributed by atoms with Crippen molar-refractivity contribution >= 4 is 38.9 Å². The molecule has 0 amide bonds. The molecule has 0 saturated carbocycles. The van der Waals surface area contributed by atoms with Crippen LogP contribution in [0.25, 0.3) is 0 Å². The summed E-state index contributed by atoms with van der Waals surface area (Å²) in [4.78, 5) is 13.4. The lowest BCUT2D eigenvalue weighted by atomic mass is 10.0. The molecule has 0 fully saturated rings. The predicted molar refractivity (Wildman–Crippen MR) is 92.9 cm³/mol. The Bertz CT molecular complexity index is 891. The standard InChI is InChI=1S/C16H16ClNO4S2/c1-10-3-4-11(17)9-14(10)24(20,21)18-7-5-13-12(6-8-23-13)15(18)16(19)22-2/h3-4,6,8-9,15H,5,7H2,1-2H3. The van der Waals surface area contributed by atoms with Gasteiger partial charge in [-0.15, -0.1) is 11.3 Å². The maximum Gasteiger partial charge on any atom is 0.328 e. The van der Waals surface area contributed by atoms with Gasteiger partial charge in [0.2, 0.25) is 10.0 Å². The number of sulfonamides is 1. The Kier molecular flexibility index (Phi) is 4.70. The number of carbonyl (C=O) groups is 1. The van der Waals surface area contributed by atoms with Crippen molar-refractivity contribution in [3.05, 3.63) is 50.7 Å². The second-order valence-corrected chi connectivity index (χ2v) is 8.80. The first-order valence-corrected chi connectivity index (χ1v) is 9.98. The monoisotopic (exact) mass is 385 g/mol. The van der Waals surface area contributed by atoms with Gasteiger partial charge in [-0.2, -0.15) is 4.31 Å². The van der Waals surface area contributed by atoms with E-state index in [4.69, 9.17) is 16.3 Å². The smallest absolute Gasteiger partial charge is 0.328 e. The molecule has 2 heterocycles. The van der Waals surface area contributed by atoms with Crippen molar-refractivity contribution in [2.75, 3.05) is 13.7 Å². The van der Waals surface area contributed by atoms with E-state index in [2.05, 4.69) is 0 Å². The zero-order valence-corrected chi connectivity index (χ0v) is 15.5. The summed E-state index contributed by atoms with van der Waals surface area (Å²) >= 11 is 7.50. The van der Waals surface area contributed by atoms with Crippen molar-refractivity contribution in [2.24, 2.45) is 0 Å². The number of thiophene rings is 1. The highest BCUT2D eigenvalue weighted by Gasteiger charge is 2.42. The van der Waals surface area contributed by atoms with E-state index in [1.807, 2.05) is 5.38 Å². The van der Waals surface area contributed by atoms with Crippen LogP contribution >= 0.6 is 22.9 Å². The van der Waals surface area contributed by atoms with E-state index in [-0.39, 0.29) is 11.4 Å². The van der Waals surface area contributed by atoms with Crippen LogP contribution in [0.1, 0.15) is 22.0 Å². The number of rotatable bonds is 3.